The molecule has 16 nitrogen and oxygen atoms in total. The van der Waals surface area contributed by atoms with Gasteiger partial charge in [-0.15, -0.1) is 0 Å². The minimum Gasteiger partial charge on any atom is -0.507 e. The molecule has 0 aliphatic heterocycles. The summed E-state index contributed by atoms with van der Waals surface area (Å²) < 4.78 is 64.9. The Morgan fingerprint density at radius 2 is 0.833 bits per heavy atom. The van der Waals surface area contributed by atoms with Crippen LogP contribution in [0.3, 0.4) is 0 Å². The average Bonchev–Trinajstić information content (AvgIpc) is 3.13. The van der Waals surface area contributed by atoms with E-state index in [1.165, 1.54) is 84.9 Å². The summed E-state index contributed by atoms with van der Waals surface area (Å²) >= 11 is 0. The van der Waals surface area contributed by atoms with Gasteiger partial charge in [0.2, 0.25) is 0 Å². The second-order valence-electron chi connectivity index (χ2n) is 11.6. The molecule has 18 heteroatoms. The number of carbonyl (C=O) groups is 4. The number of benzene rings is 6. The molecule has 0 saturated carbocycles. The van der Waals surface area contributed by atoms with E-state index in [2.05, 4.69) is 21.3 Å². The fraction of sp³-hybridized carbons (Fsp3) is 0. The third-order valence-electron chi connectivity index (χ3n) is 7.99. The number of phenols is 2. The molecule has 0 spiro atoms. The van der Waals surface area contributed by atoms with Crippen molar-refractivity contribution in [3.63, 3.8) is 0 Å². The smallest absolute Gasteiger partial charge is 0.314 e. The highest BCUT2D eigenvalue weighted by Gasteiger charge is 2.19. The van der Waals surface area contributed by atoms with Crippen LogP contribution >= 0.6 is 0 Å². The molecule has 0 atom stereocenters. The lowest BCUT2D eigenvalue weighted by atomic mass is 10.1. The molecule has 0 saturated heterocycles. The Morgan fingerprint density at radius 1 is 0.444 bits per heavy atom. The molecular weight excluding hydrogens is 745 g/mol. The Hall–Kier alpha value is -6.86. The summed E-state index contributed by atoms with van der Waals surface area (Å²) in [4.78, 5) is 51.0. The SMILES string of the molecule is O=C(Nc1cccc(C(=O)Nc2ccc(O)c3cc(S(=O)(=O)O)ccc23)c1)C(=O)Nc1cccc(C(=O)Nc2ccc(O)c3cc(S(=O)(=O)O)ccc23)c1. The highest BCUT2D eigenvalue weighted by atomic mass is 32.2. The van der Waals surface area contributed by atoms with Crippen molar-refractivity contribution in [2.45, 2.75) is 9.79 Å². The molecule has 8 N–H and O–H groups in total. The molecule has 6 rings (SSSR count). The second kappa shape index (κ2) is 14.3. The fourth-order valence-electron chi connectivity index (χ4n) is 5.40. The van der Waals surface area contributed by atoms with E-state index in [0.29, 0.717) is 0 Å². The first kappa shape index (κ1) is 36.9. The number of hydrogen-bond donors (Lipinski definition) is 8. The van der Waals surface area contributed by atoms with Crippen LogP contribution in [0.15, 0.2) is 119 Å². The highest BCUT2D eigenvalue weighted by molar-refractivity contribution is 7.86. The Morgan fingerprint density at radius 3 is 1.20 bits per heavy atom. The number of fused-ring (bicyclic) bond motifs is 2. The van der Waals surface area contributed by atoms with Crippen LogP contribution in [0.5, 0.6) is 11.5 Å². The summed E-state index contributed by atoms with van der Waals surface area (Å²) in [5.41, 5.74) is 0.671. The number of carbonyl (C=O) groups excluding carboxylic acids is 4. The summed E-state index contributed by atoms with van der Waals surface area (Å²) in [7, 11) is -9.12. The Kier molecular flexibility index (Phi) is 9.76. The molecule has 6 aromatic carbocycles. The third kappa shape index (κ3) is 7.96. The van der Waals surface area contributed by atoms with Gasteiger partial charge in [0.25, 0.3) is 32.1 Å². The lowest BCUT2D eigenvalue weighted by Crippen LogP contribution is -2.29. The van der Waals surface area contributed by atoms with Gasteiger partial charge < -0.3 is 31.5 Å². The number of hydrogen-bond acceptors (Lipinski definition) is 10. The monoisotopic (exact) mass is 770 g/mol. The maximum atomic E-state index is 13.1. The molecule has 0 unspecified atom stereocenters. The highest BCUT2D eigenvalue weighted by Crippen LogP contribution is 2.34. The maximum Gasteiger partial charge on any atom is 0.314 e. The molecule has 0 aromatic heterocycles. The summed E-state index contributed by atoms with van der Waals surface area (Å²) in [5.74, 6) is -4.12. The predicted molar refractivity (Wildman–Crippen MR) is 197 cm³/mol. The molecule has 0 aliphatic rings. The van der Waals surface area contributed by atoms with Gasteiger partial charge in [0, 0.05) is 55.4 Å². The number of rotatable bonds is 8. The van der Waals surface area contributed by atoms with Crippen molar-refractivity contribution in [2.24, 2.45) is 0 Å². The van der Waals surface area contributed by atoms with Gasteiger partial charge in [-0.2, -0.15) is 16.8 Å². The number of amides is 4. The van der Waals surface area contributed by atoms with Crippen molar-refractivity contribution in [1.82, 2.24) is 0 Å². The van der Waals surface area contributed by atoms with E-state index in [-0.39, 0.29) is 66.9 Å². The lowest BCUT2D eigenvalue weighted by molar-refractivity contribution is -0.132. The van der Waals surface area contributed by atoms with Crippen molar-refractivity contribution in [3.8, 4) is 11.5 Å². The predicted octanol–water partition coefficient (Wildman–Crippen LogP) is 4.98. The Labute approximate surface area is 305 Å². The molecule has 274 valence electrons. The van der Waals surface area contributed by atoms with E-state index < -0.39 is 53.7 Å². The van der Waals surface area contributed by atoms with Crippen molar-refractivity contribution in [1.29, 1.82) is 0 Å². The number of aromatic hydroxyl groups is 2. The third-order valence-corrected chi connectivity index (χ3v) is 9.69. The van der Waals surface area contributed by atoms with Gasteiger partial charge in [0.05, 0.1) is 9.79 Å². The van der Waals surface area contributed by atoms with Gasteiger partial charge >= 0.3 is 11.8 Å². The van der Waals surface area contributed by atoms with Gasteiger partial charge in [0.15, 0.2) is 0 Å². The zero-order chi connectivity index (χ0) is 38.9. The van der Waals surface area contributed by atoms with Crippen LogP contribution < -0.4 is 21.3 Å². The topological polar surface area (TPSA) is 266 Å². The van der Waals surface area contributed by atoms with Crippen LogP contribution in [-0.2, 0) is 29.8 Å². The van der Waals surface area contributed by atoms with Crippen LogP contribution in [-0.4, -0.2) is 59.8 Å². The van der Waals surface area contributed by atoms with Crippen LogP contribution in [0.25, 0.3) is 21.5 Å². The van der Waals surface area contributed by atoms with E-state index in [4.69, 9.17) is 0 Å². The minimum atomic E-state index is -4.56. The maximum absolute atomic E-state index is 13.1. The molecule has 0 bridgehead atoms. The Balaban J connectivity index is 1.12. The van der Waals surface area contributed by atoms with Gasteiger partial charge in [-0.05, 0) is 84.9 Å². The standard InChI is InChI=1S/C36H26N4O12S2/c41-31-13-11-29(25-9-7-23(17-27(25)31)53(47,48)49)39-33(43)19-3-1-5-21(15-19)37-35(45)36(46)38-22-6-2-4-20(16-22)34(44)40-30-12-14-32(42)28-18-24(54(50,51)52)8-10-26(28)30/h1-18,41-42H,(H,37,45)(H,38,46)(H,39,43)(H,40,44)(H,47,48,49)(H,50,51,52). The molecule has 0 aliphatic carbocycles. The Bertz CT molecular complexity index is 2600. The molecule has 4 amide bonds. The zero-order valence-electron chi connectivity index (χ0n) is 27.3. The van der Waals surface area contributed by atoms with Gasteiger partial charge in [-0.1, -0.05) is 24.3 Å². The van der Waals surface area contributed by atoms with Crippen molar-refractivity contribution >= 4 is 88.2 Å². The van der Waals surface area contributed by atoms with Crippen molar-refractivity contribution < 1.29 is 55.3 Å². The number of anilines is 4. The largest absolute Gasteiger partial charge is 0.507 e. The number of nitrogens with one attached hydrogen (secondary N) is 4. The van der Waals surface area contributed by atoms with E-state index in [9.17, 15) is 55.3 Å². The first-order valence-electron chi connectivity index (χ1n) is 15.4. The zero-order valence-corrected chi connectivity index (χ0v) is 28.9. The van der Waals surface area contributed by atoms with E-state index in [0.717, 1.165) is 24.3 Å². The lowest BCUT2D eigenvalue weighted by Gasteiger charge is -2.12. The average molecular weight is 771 g/mol. The molecule has 0 fully saturated rings. The summed E-state index contributed by atoms with van der Waals surface area (Å²) in [5, 5.41) is 31.2. The van der Waals surface area contributed by atoms with Crippen molar-refractivity contribution in [3.05, 3.63) is 120 Å². The van der Waals surface area contributed by atoms with Crippen LogP contribution in [0.4, 0.5) is 22.7 Å². The quantitative estimate of drug-likeness (QED) is 0.0579. The molecule has 0 heterocycles. The van der Waals surface area contributed by atoms with Gasteiger partial charge in [0.1, 0.15) is 11.5 Å². The summed E-state index contributed by atoms with van der Waals surface area (Å²) in [6.45, 7) is 0. The summed E-state index contributed by atoms with van der Waals surface area (Å²) in [6.07, 6.45) is 0. The normalized spacial score (nSPS) is 11.5. The van der Waals surface area contributed by atoms with E-state index in [1.807, 2.05) is 0 Å². The second-order valence-corrected chi connectivity index (χ2v) is 14.5. The van der Waals surface area contributed by atoms with Crippen LogP contribution in [0.2, 0.25) is 0 Å². The minimum absolute atomic E-state index is 0.0474. The fourth-order valence-corrected chi connectivity index (χ4v) is 6.42. The van der Waals surface area contributed by atoms with Crippen molar-refractivity contribution in [2.75, 3.05) is 21.3 Å². The molecular formula is C36H26N4O12S2. The van der Waals surface area contributed by atoms with Crippen LogP contribution in [0, 0.1) is 0 Å². The van der Waals surface area contributed by atoms with E-state index >= 15 is 0 Å². The van der Waals surface area contributed by atoms with Gasteiger partial charge in [-0.3, -0.25) is 28.3 Å². The van der Waals surface area contributed by atoms with E-state index in [1.54, 1.807) is 0 Å². The molecule has 54 heavy (non-hydrogen) atoms. The summed E-state index contributed by atoms with van der Waals surface area (Å²) in [6, 6.07) is 23.3. The molecule has 0 radical (unpaired) electrons. The first-order valence-corrected chi connectivity index (χ1v) is 18.3. The molecule has 6 aromatic rings. The van der Waals surface area contributed by atoms with Gasteiger partial charge in [-0.25, -0.2) is 0 Å². The first-order chi connectivity index (χ1) is 25.5. The number of phenolic OH excluding ortho intramolecular Hbond substituents is 2. The van der Waals surface area contributed by atoms with Crippen LogP contribution in [0.1, 0.15) is 20.7 Å².